The number of ketones is 1. The third kappa shape index (κ3) is 4.60. The van der Waals surface area contributed by atoms with Crippen LogP contribution in [0.5, 0.6) is 0 Å². The van der Waals surface area contributed by atoms with Crippen LogP contribution < -0.4 is 5.32 Å². The highest BCUT2D eigenvalue weighted by Gasteiger charge is 2.15. The van der Waals surface area contributed by atoms with Gasteiger partial charge in [-0.25, -0.2) is 0 Å². The normalized spacial score (nSPS) is 14.4. The number of benzene rings is 2. The van der Waals surface area contributed by atoms with Gasteiger partial charge in [0.05, 0.1) is 6.04 Å². The molecule has 1 aliphatic rings. The summed E-state index contributed by atoms with van der Waals surface area (Å²) in [6, 6.07) is 14.0. The zero-order chi connectivity index (χ0) is 18.5. The van der Waals surface area contributed by atoms with E-state index in [-0.39, 0.29) is 30.6 Å². The fourth-order valence-corrected chi connectivity index (χ4v) is 3.53. The molecule has 3 heteroatoms. The third-order valence-corrected chi connectivity index (χ3v) is 5.20. The molecule has 1 N–H and O–H groups in total. The summed E-state index contributed by atoms with van der Waals surface area (Å²) in [5.74, 6) is -0.0581. The fourth-order valence-electron chi connectivity index (χ4n) is 3.53. The van der Waals surface area contributed by atoms with E-state index in [0.717, 1.165) is 24.0 Å². The van der Waals surface area contributed by atoms with Crippen LogP contribution in [0.3, 0.4) is 0 Å². The molecule has 1 aliphatic carbocycles. The number of carbonyl (C=O) groups excluding carboxylic acids is 2. The molecular formula is C23H27NO2. The third-order valence-electron chi connectivity index (χ3n) is 5.20. The summed E-state index contributed by atoms with van der Waals surface area (Å²) in [7, 11) is 0. The first-order valence-corrected chi connectivity index (χ1v) is 9.54. The summed E-state index contributed by atoms with van der Waals surface area (Å²) < 4.78 is 0. The molecular weight excluding hydrogens is 322 g/mol. The van der Waals surface area contributed by atoms with Crippen molar-refractivity contribution in [1.82, 2.24) is 5.32 Å². The standard InChI is InChI=1S/C23H27NO2/c1-16-7-9-19(10-8-16)22(25)13-14-23(26)24-17(2)20-12-11-18-5-3-4-6-21(18)15-20/h7-12,15,17H,3-6,13-14H2,1-2H3,(H,24,26). The van der Waals surface area contributed by atoms with Gasteiger partial charge >= 0.3 is 0 Å². The van der Waals surface area contributed by atoms with Crippen molar-refractivity contribution in [1.29, 1.82) is 0 Å². The van der Waals surface area contributed by atoms with E-state index in [4.69, 9.17) is 0 Å². The van der Waals surface area contributed by atoms with Crippen molar-refractivity contribution in [2.24, 2.45) is 0 Å². The Morgan fingerprint density at radius 1 is 0.962 bits per heavy atom. The smallest absolute Gasteiger partial charge is 0.220 e. The summed E-state index contributed by atoms with van der Waals surface area (Å²) >= 11 is 0. The lowest BCUT2D eigenvalue weighted by Gasteiger charge is -2.20. The molecule has 0 radical (unpaired) electrons. The van der Waals surface area contributed by atoms with Crippen LogP contribution in [0.4, 0.5) is 0 Å². The zero-order valence-electron chi connectivity index (χ0n) is 15.7. The number of Topliss-reactive ketones (excluding diaryl/α,β-unsaturated/α-hetero) is 1. The Morgan fingerprint density at radius 2 is 1.65 bits per heavy atom. The first-order chi connectivity index (χ1) is 12.5. The van der Waals surface area contributed by atoms with Gasteiger partial charge in [0.25, 0.3) is 0 Å². The molecule has 0 fully saturated rings. The van der Waals surface area contributed by atoms with Gasteiger partial charge in [0.1, 0.15) is 0 Å². The minimum absolute atomic E-state index is 0.0154. The lowest BCUT2D eigenvalue weighted by molar-refractivity contribution is -0.121. The van der Waals surface area contributed by atoms with Gasteiger partial charge < -0.3 is 5.32 Å². The van der Waals surface area contributed by atoms with Gasteiger partial charge in [-0.15, -0.1) is 0 Å². The molecule has 3 rings (SSSR count). The van der Waals surface area contributed by atoms with Crippen LogP contribution in [-0.2, 0) is 17.6 Å². The second kappa shape index (κ2) is 8.31. The number of amides is 1. The number of carbonyl (C=O) groups is 2. The lowest BCUT2D eigenvalue weighted by Crippen LogP contribution is -2.27. The second-order valence-electron chi connectivity index (χ2n) is 7.31. The molecule has 0 heterocycles. The average molecular weight is 349 g/mol. The molecule has 0 aliphatic heterocycles. The van der Waals surface area contributed by atoms with Gasteiger partial charge in [0.15, 0.2) is 5.78 Å². The first-order valence-electron chi connectivity index (χ1n) is 9.54. The largest absolute Gasteiger partial charge is 0.350 e. The summed E-state index contributed by atoms with van der Waals surface area (Å²) in [5.41, 5.74) is 5.81. The van der Waals surface area contributed by atoms with Crippen molar-refractivity contribution in [3.8, 4) is 0 Å². The average Bonchev–Trinajstić information content (AvgIpc) is 2.66. The van der Waals surface area contributed by atoms with Gasteiger partial charge in [-0.1, -0.05) is 48.0 Å². The van der Waals surface area contributed by atoms with Gasteiger partial charge in [0.2, 0.25) is 5.91 Å². The van der Waals surface area contributed by atoms with Crippen molar-refractivity contribution in [3.05, 3.63) is 70.3 Å². The summed E-state index contributed by atoms with van der Waals surface area (Å²) in [6.45, 7) is 3.99. The maximum atomic E-state index is 12.2. The van der Waals surface area contributed by atoms with Crippen LogP contribution in [0.1, 0.15) is 71.3 Å². The van der Waals surface area contributed by atoms with Crippen LogP contribution in [0.2, 0.25) is 0 Å². The minimum atomic E-state index is -0.0734. The number of rotatable bonds is 6. The SMILES string of the molecule is Cc1ccc(C(=O)CCC(=O)NC(C)c2ccc3c(c2)CCCC3)cc1. The van der Waals surface area contributed by atoms with Crippen LogP contribution in [-0.4, -0.2) is 11.7 Å². The number of hydrogen-bond donors (Lipinski definition) is 1. The number of nitrogens with one attached hydrogen (secondary N) is 1. The summed E-state index contributed by atoms with van der Waals surface area (Å²) in [4.78, 5) is 24.4. The molecule has 3 nitrogen and oxygen atoms in total. The van der Waals surface area contributed by atoms with E-state index in [2.05, 4.69) is 23.5 Å². The van der Waals surface area contributed by atoms with E-state index in [1.54, 1.807) is 0 Å². The van der Waals surface area contributed by atoms with E-state index in [1.807, 2.05) is 38.1 Å². The van der Waals surface area contributed by atoms with Gasteiger partial charge in [-0.05, 0) is 56.2 Å². The first kappa shape index (κ1) is 18.4. The molecule has 0 aromatic heterocycles. The van der Waals surface area contributed by atoms with Crippen LogP contribution >= 0.6 is 0 Å². The van der Waals surface area contributed by atoms with E-state index in [9.17, 15) is 9.59 Å². The lowest BCUT2D eigenvalue weighted by atomic mass is 9.89. The Kier molecular flexibility index (Phi) is 5.87. The molecule has 0 saturated heterocycles. The van der Waals surface area contributed by atoms with Crippen molar-refractivity contribution in [3.63, 3.8) is 0 Å². The Morgan fingerprint density at radius 3 is 2.38 bits per heavy atom. The molecule has 0 bridgehead atoms. The predicted octanol–water partition coefficient (Wildman–Crippen LogP) is 4.71. The monoisotopic (exact) mass is 349 g/mol. The van der Waals surface area contributed by atoms with E-state index < -0.39 is 0 Å². The Hall–Kier alpha value is -2.42. The Balaban J connectivity index is 1.52. The quantitative estimate of drug-likeness (QED) is 0.768. The van der Waals surface area contributed by atoms with Crippen LogP contribution in [0.25, 0.3) is 0 Å². The van der Waals surface area contributed by atoms with Gasteiger partial charge in [-0.2, -0.15) is 0 Å². The van der Waals surface area contributed by atoms with Crippen molar-refractivity contribution >= 4 is 11.7 Å². The van der Waals surface area contributed by atoms with Gasteiger partial charge in [0, 0.05) is 18.4 Å². The van der Waals surface area contributed by atoms with E-state index in [0.29, 0.717) is 5.56 Å². The van der Waals surface area contributed by atoms with E-state index in [1.165, 1.54) is 24.0 Å². The van der Waals surface area contributed by atoms with E-state index >= 15 is 0 Å². The number of hydrogen-bond acceptors (Lipinski definition) is 2. The molecule has 1 amide bonds. The Bertz CT molecular complexity index is 792. The summed E-state index contributed by atoms with van der Waals surface area (Å²) in [5, 5.41) is 3.03. The molecule has 1 atom stereocenters. The van der Waals surface area contributed by atoms with Crippen molar-refractivity contribution in [2.75, 3.05) is 0 Å². The maximum Gasteiger partial charge on any atom is 0.220 e. The summed E-state index contributed by atoms with van der Waals surface area (Å²) in [6.07, 6.45) is 5.28. The second-order valence-corrected chi connectivity index (χ2v) is 7.31. The number of fused-ring (bicyclic) bond motifs is 1. The molecule has 136 valence electrons. The maximum absolute atomic E-state index is 12.2. The van der Waals surface area contributed by atoms with Crippen LogP contribution in [0, 0.1) is 6.92 Å². The highest BCUT2D eigenvalue weighted by Crippen LogP contribution is 2.24. The predicted molar refractivity (Wildman–Crippen MR) is 104 cm³/mol. The molecule has 0 spiro atoms. The molecule has 2 aromatic carbocycles. The molecule has 26 heavy (non-hydrogen) atoms. The van der Waals surface area contributed by atoms with Crippen molar-refractivity contribution < 1.29 is 9.59 Å². The highest BCUT2D eigenvalue weighted by molar-refractivity contribution is 5.98. The van der Waals surface area contributed by atoms with Gasteiger partial charge in [-0.3, -0.25) is 9.59 Å². The zero-order valence-corrected chi connectivity index (χ0v) is 15.7. The van der Waals surface area contributed by atoms with Crippen LogP contribution in [0.15, 0.2) is 42.5 Å². The Labute approximate surface area is 155 Å². The molecule has 1 unspecified atom stereocenters. The van der Waals surface area contributed by atoms with Crippen molar-refractivity contribution in [2.45, 2.75) is 58.4 Å². The number of aryl methyl sites for hydroxylation is 3. The fraction of sp³-hybridized carbons (Fsp3) is 0.391. The highest BCUT2D eigenvalue weighted by atomic mass is 16.2. The topological polar surface area (TPSA) is 46.2 Å². The minimum Gasteiger partial charge on any atom is -0.350 e. The molecule has 2 aromatic rings. The molecule has 0 saturated carbocycles.